The lowest BCUT2D eigenvalue weighted by atomic mass is 10.1. The van der Waals surface area contributed by atoms with Gasteiger partial charge in [-0.2, -0.15) is 0 Å². The van der Waals surface area contributed by atoms with Crippen LogP contribution in [0.4, 0.5) is 10.5 Å². The molecule has 19 heavy (non-hydrogen) atoms. The van der Waals surface area contributed by atoms with Crippen molar-refractivity contribution in [2.75, 3.05) is 18.2 Å². The van der Waals surface area contributed by atoms with Gasteiger partial charge in [0.15, 0.2) is 0 Å². The smallest absolute Gasteiger partial charge is 0.319 e. The Labute approximate surface area is 118 Å². The fraction of sp³-hybridized carbons (Fsp3) is 0.500. The van der Waals surface area contributed by atoms with Crippen LogP contribution in [-0.2, 0) is 4.74 Å². The van der Waals surface area contributed by atoms with Crippen LogP contribution < -0.4 is 10.6 Å². The Balaban J connectivity index is 1.82. The first-order valence-corrected chi connectivity index (χ1v) is 7.74. The fourth-order valence-electron chi connectivity index (χ4n) is 2.14. The van der Waals surface area contributed by atoms with Gasteiger partial charge in [0.1, 0.15) is 0 Å². The van der Waals surface area contributed by atoms with E-state index >= 15 is 0 Å². The molecule has 1 aromatic rings. The molecule has 0 saturated carbocycles. The summed E-state index contributed by atoms with van der Waals surface area (Å²) < 4.78 is 5.55. The van der Waals surface area contributed by atoms with Gasteiger partial charge in [0.25, 0.3) is 0 Å². The minimum atomic E-state index is -0.181. The van der Waals surface area contributed by atoms with Crippen LogP contribution in [0.1, 0.15) is 19.8 Å². The highest BCUT2D eigenvalue weighted by Crippen LogP contribution is 2.18. The predicted octanol–water partition coefficient (Wildman–Crippen LogP) is 3.10. The highest BCUT2D eigenvalue weighted by Gasteiger charge is 2.23. The van der Waals surface area contributed by atoms with Gasteiger partial charge in [-0.1, -0.05) is 0 Å². The van der Waals surface area contributed by atoms with Gasteiger partial charge in [0.2, 0.25) is 0 Å². The van der Waals surface area contributed by atoms with Crippen molar-refractivity contribution >= 4 is 23.5 Å². The van der Waals surface area contributed by atoms with Crippen LogP contribution in [0.2, 0.25) is 0 Å². The standard InChI is InChI=1S/C14H20N2O2S/c1-10(13-4-3-9-18-13)15-14(17)16-11-5-7-12(19-2)8-6-11/h5-8,10,13H,3-4,9H2,1-2H3,(H2,15,16,17). The summed E-state index contributed by atoms with van der Waals surface area (Å²) in [5.41, 5.74) is 0.801. The van der Waals surface area contributed by atoms with Crippen LogP contribution in [-0.4, -0.2) is 31.0 Å². The normalized spacial score (nSPS) is 20.0. The molecule has 1 saturated heterocycles. The zero-order valence-corrected chi connectivity index (χ0v) is 12.1. The zero-order valence-electron chi connectivity index (χ0n) is 11.3. The first-order chi connectivity index (χ1) is 9.19. The highest BCUT2D eigenvalue weighted by molar-refractivity contribution is 7.98. The molecule has 0 bridgehead atoms. The summed E-state index contributed by atoms with van der Waals surface area (Å²) in [7, 11) is 0. The number of hydrogen-bond acceptors (Lipinski definition) is 3. The molecule has 5 heteroatoms. The van der Waals surface area contributed by atoms with E-state index in [0.717, 1.165) is 25.1 Å². The summed E-state index contributed by atoms with van der Waals surface area (Å²) >= 11 is 1.68. The molecular weight excluding hydrogens is 260 g/mol. The molecule has 1 aliphatic heterocycles. The number of rotatable bonds is 4. The van der Waals surface area contributed by atoms with Crippen molar-refractivity contribution in [2.45, 2.75) is 36.8 Å². The van der Waals surface area contributed by atoms with Gasteiger partial charge in [0, 0.05) is 17.2 Å². The highest BCUT2D eigenvalue weighted by atomic mass is 32.2. The van der Waals surface area contributed by atoms with E-state index in [1.54, 1.807) is 11.8 Å². The number of ether oxygens (including phenoxy) is 1. The van der Waals surface area contributed by atoms with E-state index in [-0.39, 0.29) is 18.2 Å². The predicted molar refractivity (Wildman–Crippen MR) is 78.8 cm³/mol. The van der Waals surface area contributed by atoms with Crippen molar-refractivity contribution in [1.29, 1.82) is 0 Å². The van der Waals surface area contributed by atoms with Crippen LogP contribution in [0, 0.1) is 0 Å². The summed E-state index contributed by atoms with van der Waals surface area (Å²) in [6.45, 7) is 2.78. The van der Waals surface area contributed by atoms with Gasteiger partial charge in [0.05, 0.1) is 12.1 Å². The molecule has 1 aliphatic rings. The average Bonchev–Trinajstić information content (AvgIpc) is 2.93. The van der Waals surface area contributed by atoms with Gasteiger partial charge >= 0.3 is 6.03 Å². The van der Waals surface area contributed by atoms with E-state index in [2.05, 4.69) is 10.6 Å². The number of amides is 2. The third-order valence-electron chi connectivity index (χ3n) is 3.23. The number of carbonyl (C=O) groups excluding carboxylic acids is 1. The number of thioether (sulfide) groups is 1. The Kier molecular flexibility index (Phi) is 5.10. The van der Waals surface area contributed by atoms with Gasteiger partial charge < -0.3 is 15.4 Å². The van der Waals surface area contributed by atoms with Crippen LogP contribution in [0.5, 0.6) is 0 Å². The van der Waals surface area contributed by atoms with Crippen LogP contribution in [0.25, 0.3) is 0 Å². The second-order valence-electron chi connectivity index (χ2n) is 4.67. The summed E-state index contributed by atoms with van der Waals surface area (Å²) in [6, 6.07) is 7.64. The molecule has 1 aromatic carbocycles. The summed E-state index contributed by atoms with van der Waals surface area (Å²) in [6.07, 6.45) is 4.26. The number of nitrogens with one attached hydrogen (secondary N) is 2. The quantitative estimate of drug-likeness (QED) is 0.833. The molecule has 2 unspecified atom stereocenters. The third-order valence-corrected chi connectivity index (χ3v) is 3.97. The number of hydrogen-bond donors (Lipinski definition) is 2. The first kappa shape index (κ1) is 14.2. The molecule has 4 nitrogen and oxygen atoms in total. The molecule has 0 aliphatic carbocycles. The largest absolute Gasteiger partial charge is 0.376 e. The van der Waals surface area contributed by atoms with Crippen LogP contribution in [0.15, 0.2) is 29.2 Å². The van der Waals surface area contributed by atoms with E-state index in [9.17, 15) is 4.79 Å². The third kappa shape index (κ3) is 4.14. The van der Waals surface area contributed by atoms with Crippen LogP contribution in [0.3, 0.4) is 0 Å². The maximum absolute atomic E-state index is 11.9. The van der Waals surface area contributed by atoms with Crippen molar-refractivity contribution in [2.24, 2.45) is 0 Å². The van der Waals surface area contributed by atoms with Crippen molar-refractivity contribution in [3.8, 4) is 0 Å². The monoisotopic (exact) mass is 280 g/mol. The minimum Gasteiger partial charge on any atom is -0.376 e. The topological polar surface area (TPSA) is 50.4 Å². The van der Waals surface area contributed by atoms with E-state index < -0.39 is 0 Å². The van der Waals surface area contributed by atoms with Gasteiger partial charge in [-0.25, -0.2) is 4.79 Å². The second-order valence-corrected chi connectivity index (χ2v) is 5.55. The summed E-state index contributed by atoms with van der Waals surface area (Å²) in [5, 5.41) is 5.75. The maximum Gasteiger partial charge on any atom is 0.319 e. The van der Waals surface area contributed by atoms with Gasteiger partial charge in [-0.3, -0.25) is 0 Å². The second kappa shape index (κ2) is 6.82. The van der Waals surface area contributed by atoms with Crippen molar-refractivity contribution < 1.29 is 9.53 Å². The van der Waals surface area contributed by atoms with E-state index in [1.165, 1.54) is 4.90 Å². The molecule has 0 aromatic heterocycles. The van der Waals surface area contributed by atoms with Gasteiger partial charge in [-0.05, 0) is 50.3 Å². The molecule has 0 spiro atoms. The maximum atomic E-state index is 11.9. The Hall–Kier alpha value is -1.20. The molecular formula is C14H20N2O2S. The van der Waals surface area contributed by atoms with E-state index in [0.29, 0.717) is 0 Å². The first-order valence-electron chi connectivity index (χ1n) is 6.52. The van der Waals surface area contributed by atoms with Crippen LogP contribution >= 0.6 is 11.8 Å². The summed E-state index contributed by atoms with van der Waals surface area (Å²) in [4.78, 5) is 13.0. The molecule has 2 amide bonds. The van der Waals surface area contributed by atoms with Crippen molar-refractivity contribution in [3.63, 3.8) is 0 Å². The van der Waals surface area contributed by atoms with Crippen molar-refractivity contribution in [3.05, 3.63) is 24.3 Å². The van der Waals surface area contributed by atoms with E-state index in [1.807, 2.05) is 37.4 Å². The molecule has 104 valence electrons. The molecule has 1 heterocycles. The SMILES string of the molecule is CSc1ccc(NC(=O)NC(C)C2CCCO2)cc1. The molecule has 0 radical (unpaired) electrons. The van der Waals surface area contributed by atoms with Gasteiger partial charge in [-0.15, -0.1) is 11.8 Å². The Bertz CT molecular complexity index is 416. The number of benzene rings is 1. The summed E-state index contributed by atoms with van der Waals surface area (Å²) in [5.74, 6) is 0. The van der Waals surface area contributed by atoms with Crippen molar-refractivity contribution in [1.82, 2.24) is 5.32 Å². The number of carbonyl (C=O) groups is 1. The lowest BCUT2D eigenvalue weighted by Gasteiger charge is -2.20. The Morgan fingerprint density at radius 2 is 2.16 bits per heavy atom. The number of anilines is 1. The molecule has 2 atom stereocenters. The number of urea groups is 1. The van der Waals surface area contributed by atoms with E-state index in [4.69, 9.17) is 4.74 Å². The lowest BCUT2D eigenvalue weighted by molar-refractivity contribution is 0.0868. The average molecular weight is 280 g/mol. The lowest BCUT2D eigenvalue weighted by Crippen LogP contribution is -2.42. The zero-order chi connectivity index (χ0) is 13.7. The minimum absolute atomic E-state index is 0.0352. The fourth-order valence-corrected chi connectivity index (χ4v) is 2.55. The Morgan fingerprint density at radius 1 is 1.42 bits per heavy atom. The molecule has 2 N–H and O–H groups in total. The Morgan fingerprint density at radius 3 is 2.74 bits per heavy atom. The molecule has 2 rings (SSSR count). The molecule has 1 fully saturated rings.